The second kappa shape index (κ2) is 8.01. The number of rotatable bonds is 9. The van der Waals surface area contributed by atoms with Gasteiger partial charge in [0.25, 0.3) is 0 Å². The maximum Gasteiger partial charge on any atom is 0.228 e. The molecular formula is C11H22ClNO3. The number of hydrogen-bond donors (Lipinski definition) is 0. The lowest BCUT2D eigenvalue weighted by atomic mass is 9.94. The summed E-state index contributed by atoms with van der Waals surface area (Å²) in [5.41, 5.74) is -0.539. The number of methoxy groups -OCH3 is 2. The Morgan fingerprint density at radius 3 is 1.94 bits per heavy atom. The maximum absolute atomic E-state index is 11.2. The van der Waals surface area contributed by atoms with Crippen LogP contribution in [-0.2, 0) is 14.3 Å². The highest BCUT2D eigenvalue weighted by atomic mass is 35.5. The van der Waals surface area contributed by atoms with Crippen LogP contribution in [0.25, 0.3) is 0 Å². The summed E-state index contributed by atoms with van der Waals surface area (Å²) >= 11 is 5.55. The molecule has 4 nitrogen and oxygen atoms in total. The third kappa shape index (κ3) is 6.43. The second-order valence-corrected chi connectivity index (χ2v) is 4.76. The molecular weight excluding hydrogens is 230 g/mol. The number of nitrogens with zero attached hydrogens (tertiary/aromatic N) is 1. The van der Waals surface area contributed by atoms with E-state index in [0.29, 0.717) is 19.8 Å². The van der Waals surface area contributed by atoms with Crippen molar-refractivity contribution in [3.05, 3.63) is 0 Å². The van der Waals surface area contributed by atoms with Gasteiger partial charge in [-0.2, -0.15) is 0 Å². The predicted octanol–water partition coefficient (Wildman–Crippen LogP) is 1.37. The average molecular weight is 252 g/mol. The quantitative estimate of drug-likeness (QED) is 0.581. The molecule has 0 spiro atoms. The SMILES string of the molecule is COCCN(CCOC)CC(C)(C)C(=O)Cl. The van der Waals surface area contributed by atoms with Crippen LogP contribution in [0.2, 0.25) is 0 Å². The zero-order valence-electron chi connectivity index (χ0n) is 10.6. The van der Waals surface area contributed by atoms with Crippen molar-refractivity contribution in [2.45, 2.75) is 13.8 Å². The molecule has 0 heterocycles. The zero-order valence-corrected chi connectivity index (χ0v) is 11.3. The summed E-state index contributed by atoms with van der Waals surface area (Å²) in [6.45, 7) is 7.11. The lowest BCUT2D eigenvalue weighted by Crippen LogP contribution is -2.40. The minimum absolute atomic E-state index is 0.313. The van der Waals surface area contributed by atoms with Crippen LogP contribution in [-0.4, -0.2) is 57.2 Å². The van der Waals surface area contributed by atoms with Gasteiger partial charge in [0.1, 0.15) is 0 Å². The zero-order chi connectivity index (χ0) is 12.6. The van der Waals surface area contributed by atoms with E-state index in [-0.39, 0.29) is 5.24 Å². The van der Waals surface area contributed by atoms with Crippen molar-refractivity contribution in [3.8, 4) is 0 Å². The Balaban J connectivity index is 4.22. The molecule has 5 heteroatoms. The summed E-state index contributed by atoms with van der Waals surface area (Å²) in [4.78, 5) is 13.3. The van der Waals surface area contributed by atoms with Crippen molar-refractivity contribution in [2.24, 2.45) is 5.41 Å². The highest BCUT2D eigenvalue weighted by Crippen LogP contribution is 2.20. The molecule has 0 fully saturated rings. The molecule has 0 amide bonds. The topological polar surface area (TPSA) is 38.8 Å². The van der Waals surface area contributed by atoms with Crippen molar-refractivity contribution >= 4 is 16.8 Å². The highest BCUT2D eigenvalue weighted by molar-refractivity contribution is 6.64. The molecule has 0 radical (unpaired) electrons. The van der Waals surface area contributed by atoms with Gasteiger partial charge < -0.3 is 9.47 Å². The van der Waals surface area contributed by atoms with E-state index in [0.717, 1.165) is 13.1 Å². The first-order valence-electron chi connectivity index (χ1n) is 5.34. The number of carbonyl (C=O) groups is 1. The molecule has 0 aromatic rings. The monoisotopic (exact) mass is 251 g/mol. The number of hydrogen-bond acceptors (Lipinski definition) is 4. The first kappa shape index (κ1) is 15.8. The van der Waals surface area contributed by atoms with E-state index in [2.05, 4.69) is 4.90 Å². The van der Waals surface area contributed by atoms with Crippen LogP contribution in [0.1, 0.15) is 13.8 Å². The van der Waals surface area contributed by atoms with E-state index < -0.39 is 5.41 Å². The van der Waals surface area contributed by atoms with Gasteiger partial charge in [-0.3, -0.25) is 9.69 Å². The van der Waals surface area contributed by atoms with Crippen molar-refractivity contribution in [3.63, 3.8) is 0 Å². The summed E-state index contributed by atoms with van der Waals surface area (Å²) in [6, 6.07) is 0. The molecule has 0 N–H and O–H groups in total. The molecule has 0 aromatic heterocycles. The minimum Gasteiger partial charge on any atom is -0.383 e. The van der Waals surface area contributed by atoms with Gasteiger partial charge in [0.2, 0.25) is 5.24 Å². The molecule has 16 heavy (non-hydrogen) atoms. The predicted molar refractivity (Wildman–Crippen MR) is 64.8 cm³/mol. The van der Waals surface area contributed by atoms with Crippen molar-refractivity contribution in [2.75, 3.05) is 47.1 Å². The fourth-order valence-electron chi connectivity index (χ4n) is 1.33. The Hall–Kier alpha value is -0.160. The summed E-state index contributed by atoms with van der Waals surface area (Å²) < 4.78 is 10.1. The van der Waals surface area contributed by atoms with Crippen LogP contribution in [0.5, 0.6) is 0 Å². The Bertz CT molecular complexity index is 201. The summed E-state index contributed by atoms with van der Waals surface area (Å²) in [5, 5.41) is -0.313. The van der Waals surface area contributed by atoms with Gasteiger partial charge >= 0.3 is 0 Å². The molecule has 0 unspecified atom stereocenters. The molecule has 0 bridgehead atoms. The van der Waals surface area contributed by atoms with Crippen LogP contribution >= 0.6 is 11.6 Å². The summed E-state index contributed by atoms with van der Waals surface area (Å²) in [6.07, 6.45) is 0. The molecule has 96 valence electrons. The lowest BCUT2D eigenvalue weighted by Gasteiger charge is -2.29. The standard InChI is InChI=1S/C11H22ClNO3/c1-11(2,10(12)14)9-13(5-7-15-3)6-8-16-4/h5-9H2,1-4H3. The Morgan fingerprint density at radius 2 is 1.62 bits per heavy atom. The number of ether oxygens (including phenoxy) is 2. The van der Waals surface area contributed by atoms with Gasteiger partial charge in [0.05, 0.1) is 18.6 Å². The van der Waals surface area contributed by atoms with Gasteiger partial charge in [0.15, 0.2) is 0 Å². The van der Waals surface area contributed by atoms with Gasteiger partial charge in [-0.05, 0) is 11.6 Å². The van der Waals surface area contributed by atoms with E-state index in [1.165, 1.54) is 0 Å². The fourth-order valence-corrected chi connectivity index (χ4v) is 1.39. The van der Waals surface area contributed by atoms with E-state index in [1.54, 1.807) is 14.2 Å². The fraction of sp³-hybridized carbons (Fsp3) is 0.909. The van der Waals surface area contributed by atoms with E-state index >= 15 is 0 Å². The second-order valence-electron chi connectivity index (χ2n) is 4.42. The first-order chi connectivity index (χ1) is 7.44. The van der Waals surface area contributed by atoms with Gasteiger partial charge in [-0.1, -0.05) is 13.8 Å². The highest BCUT2D eigenvalue weighted by Gasteiger charge is 2.28. The van der Waals surface area contributed by atoms with Crippen molar-refractivity contribution in [1.29, 1.82) is 0 Å². The lowest BCUT2D eigenvalue weighted by molar-refractivity contribution is -0.120. The van der Waals surface area contributed by atoms with Gasteiger partial charge in [-0.25, -0.2) is 0 Å². The first-order valence-corrected chi connectivity index (χ1v) is 5.72. The Kier molecular flexibility index (Phi) is 7.93. The normalized spacial score (nSPS) is 12.1. The Labute approximate surface area is 103 Å². The van der Waals surface area contributed by atoms with Crippen molar-refractivity contribution < 1.29 is 14.3 Å². The van der Waals surface area contributed by atoms with Crippen LogP contribution in [0.4, 0.5) is 0 Å². The maximum atomic E-state index is 11.2. The molecule has 0 rings (SSSR count). The van der Waals surface area contributed by atoms with E-state index in [1.807, 2.05) is 13.8 Å². The van der Waals surface area contributed by atoms with Gasteiger partial charge in [0, 0.05) is 33.9 Å². The van der Waals surface area contributed by atoms with Crippen LogP contribution in [0, 0.1) is 5.41 Å². The minimum atomic E-state index is -0.539. The molecule has 0 saturated carbocycles. The molecule has 0 aromatic carbocycles. The van der Waals surface area contributed by atoms with Crippen LogP contribution in [0.15, 0.2) is 0 Å². The summed E-state index contributed by atoms with van der Waals surface area (Å²) in [7, 11) is 3.32. The number of carbonyl (C=O) groups excluding carboxylic acids is 1. The average Bonchev–Trinajstić information content (AvgIpc) is 2.21. The third-order valence-electron chi connectivity index (χ3n) is 2.37. The van der Waals surface area contributed by atoms with Gasteiger partial charge in [-0.15, -0.1) is 0 Å². The van der Waals surface area contributed by atoms with Crippen LogP contribution < -0.4 is 0 Å². The van der Waals surface area contributed by atoms with E-state index in [4.69, 9.17) is 21.1 Å². The summed E-state index contributed by atoms with van der Waals surface area (Å²) in [5.74, 6) is 0. The van der Waals surface area contributed by atoms with Crippen molar-refractivity contribution in [1.82, 2.24) is 4.90 Å². The number of halogens is 1. The molecule has 0 aliphatic carbocycles. The van der Waals surface area contributed by atoms with E-state index in [9.17, 15) is 4.79 Å². The molecule has 0 atom stereocenters. The smallest absolute Gasteiger partial charge is 0.228 e. The third-order valence-corrected chi connectivity index (χ3v) is 2.89. The Morgan fingerprint density at radius 1 is 1.19 bits per heavy atom. The molecule has 0 aliphatic heterocycles. The molecule has 0 aliphatic rings. The molecule has 0 saturated heterocycles. The largest absolute Gasteiger partial charge is 0.383 e. The van der Waals surface area contributed by atoms with Crippen LogP contribution in [0.3, 0.4) is 0 Å².